The number of rotatable bonds is 12. The molecule has 5 heterocycles. The van der Waals surface area contributed by atoms with Crippen molar-refractivity contribution in [2.75, 3.05) is 6.54 Å². The van der Waals surface area contributed by atoms with E-state index in [9.17, 15) is 34.5 Å². The molecular formula is C49H52N8O7S2. The molecule has 3 aromatic carbocycles. The molecule has 0 saturated carbocycles. The van der Waals surface area contributed by atoms with Crippen molar-refractivity contribution in [3.05, 3.63) is 128 Å². The molecule has 2 aliphatic heterocycles. The first kappa shape index (κ1) is 46.1. The van der Waals surface area contributed by atoms with E-state index >= 15 is 0 Å². The standard InChI is InChI=1S/C49H52N8O7S2/c1-25-38(23-58)66-48-40(25)41(52-36(21-39(60)61)44-55-54-28(4)57(44)48)32-14-10-30(11-15-32)31-12-18-34(19-13-31)45(62)53-43(49(5,6)7)47(64)56-22-35(59)20-37(56)46(63)51-26(2)29-8-16-33(17-9-29)42-27(3)50-24-65-42/h8-19,24,26,35-37,43,58-59H,20-23H2,1-7H3,(H,51,63)(H,53,62)(H,60,61)/t26?,35-,36+,37+,43?/m1/s1. The molecule has 66 heavy (non-hydrogen) atoms. The number of nitrogens with one attached hydrogen (secondary N) is 2. The van der Waals surface area contributed by atoms with Crippen LogP contribution in [0.3, 0.4) is 0 Å². The Kier molecular flexibility index (Phi) is 12.9. The summed E-state index contributed by atoms with van der Waals surface area (Å²) >= 11 is 2.97. The summed E-state index contributed by atoms with van der Waals surface area (Å²) in [7, 11) is 0. The average Bonchev–Trinajstić information content (AvgIpc) is 4.06. The van der Waals surface area contributed by atoms with Crippen LogP contribution in [0.5, 0.6) is 0 Å². The lowest BCUT2D eigenvalue weighted by Crippen LogP contribution is -2.57. The molecule has 0 radical (unpaired) electrons. The number of nitrogens with zero attached hydrogens (tertiary/aromatic N) is 6. The van der Waals surface area contributed by atoms with E-state index in [0.717, 1.165) is 59.4 Å². The first-order chi connectivity index (χ1) is 31.4. The number of β-amino-alcohol motifs (C(OH)–C–C–N with tert-alkyl or cyclic N) is 1. The molecule has 5 N–H and O–H groups in total. The molecule has 15 nitrogen and oxygen atoms in total. The van der Waals surface area contributed by atoms with Gasteiger partial charge in [0.15, 0.2) is 5.82 Å². The SMILES string of the molecule is Cc1ncsc1-c1ccc(C(C)NC(=O)[C@@H]2C[C@@H](O)CN2C(=O)C(NC(=O)c2ccc(-c3ccc(C4=N[C@@H](CC(=O)O)c5nnc(C)n5-c5sc(CO)c(C)c54)cc3)cc2)C(C)(C)C)cc1. The van der Waals surface area contributed by atoms with Crippen LogP contribution in [0.4, 0.5) is 0 Å². The maximum absolute atomic E-state index is 14.3. The molecular weight excluding hydrogens is 877 g/mol. The number of aliphatic carboxylic acids is 1. The van der Waals surface area contributed by atoms with Gasteiger partial charge >= 0.3 is 5.97 Å². The van der Waals surface area contributed by atoms with E-state index in [0.29, 0.717) is 22.9 Å². The lowest BCUT2D eigenvalue weighted by molar-refractivity contribution is -0.142. The molecule has 3 aromatic heterocycles. The molecule has 17 heteroatoms. The second-order valence-corrected chi connectivity index (χ2v) is 19.9. The number of aliphatic hydroxyl groups is 2. The predicted molar refractivity (Wildman–Crippen MR) is 253 cm³/mol. The topological polar surface area (TPSA) is 212 Å². The fourth-order valence-corrected chi connectivity index (χ4v) is 10.7. The zero-order chi connectivity index (χ0) is 47.2. The number of amides is 3. The summed E-state index contributed by atoms with van der Waals surface area (Å²) in [5, 5.41) is 46.1. The predicted octanol–water partition coefficient (Wildman–Crippen LogP) is 6.89. The first-order valence-corrected chi connectivity index (χ1v) is 23.4. The van der Waals surface area contributed by atoms with E-state index in [1.807, 2.05) is 112 Å². The van der Waals surface area contributed by atoms with Crippen LogP contribution in [-0.4, -0.2) is 94.1 Å². The van der Waals surface area contributed by atoms with Crippen LogP contribution < -0.4 is 10.6 Å². The molecule has 342 valence electrons. The smallest absolute Gasteiger partial charge is 0.306 e. The van der Waals surface area contributed by atoms with Crippen molar-refractivity contribution in [2.24, 2.45) is 10.4 Å². The number of thiophene rings is 1. The van der Waals surface area contributed by atoms with Gasteiger partial charge in [0.25, 0.3) is 5.91 Å². The normalized spacial score (nSPS) is 17.9. The quantitative estimate of drug-likeness (QED) is 0.0858. The molecule has 1 fully saturated rings. The van der Waals surface area contributed by atoms with E-state index < -0.39 is 47.4 Å². The summed E-state index contributed by atoms with van der Waals surface area (Å²) in [6, 6.07) is 19.5. The van der Waals surface area contributed by atoms with Gasteiger partial charge in [0.2, 0.25) is 11.8 Å². The first-order valence-electron chi connectivity index (χ1n) is 21.7. The molecule has 8 rings (SSSR count). The van der Waals surface area contributed by atoms with Crippen LogP contribution in [0.2, 0.25) is 0 Å². The highest BCUT2D eigenvalue weighted by Crippen LogP contribution is 2.40. The van der Waals surface area contributed by atoms with Crippen LogP contribution in [0.25, 0.3) is 26.6 Å². The fourth-order valence-electron chi connectivity index (χ4n) is 8.64. The highest BCUT2D eigenvalue weighted by atomic mass is 32.1. The summed E-state index contributed by atoms with van der Waals surface area (Å²) < 4.78 is 1.84. The third kappa shape index (κ3) is 9.07. The van der Waals surface area contributed by atoms with E-state index in [1.54, 1.807) is 30.4 Å². The van der Waals surface area contributed by atoms with Crippen LogP contribution >= 0.6 is 22.7 Å². The molecule has 3 amide bonds. The van der Waals surface area contributed by atoms with Crippen molar-refractivity contribution in [1.82, 2.24) is 35.3 Å². The zero-order valence-electron chi connectivity index (χ0n) is 37.7. The minimum atomic E-state index is -1.02. The number of hydrogen-bond acceptors (Lipinski definition) is 12. The van der Waals surface area contributed by atoms with Crippen molar-refractivity contribution < 1.29 is 34.5 Å². The van der Waals surface area contributed by atoms with Gasteiger partial charge in [-0.15, -0.1) is 32.9 Å². The number of benzene rings is 3. The minimum absolute atomic E-state index is 0.0413. The number of carboxylic acid groups (broad SMARTS) is 1. The molecule has 0 aliphatic carbocycles. The van der Waals surface area contributed by atoms with Crippen molar-refractivity contribution in [3.8, 4) is 26.6 Å². The fraction of sp³-hybridized carbons (Fsp3) is 0.347. The number of aliphatic imine (C=N–C) groups is 1. The second kappa shape index (κ2) is 18.5. The molecule has 0 spiro atoms. The monoisotopic (exact) mass is 928 g/mol. The van der Waals surface area contributed by atoms with Gasteiger partial charge in [0.05, 0.1) is 47.0 Å². The van der Waals surface area contributed by atoms with E-state index in [4.69, 9.17) is 4.99 Å². The Morgan fingerprint density at radius 1 is 0.879 bits per heavy atom. The highest BCUT2D eigenvalue weighted by molar-refractivity contribution is 7.15. The highest BCUT2D eigenvalue weighted by Gasteiger charge is 2.45. The van der Waals surface area contributed by atoms with Crippen LogP contribution in [0, 0.1) is 26.2 Å². The largest absolute Gasteiger partial charge is 0.481 e. The number of aliphatic hydroxyl groups excluding tert-OH is 2. The molecule has 2 aliphatic rings. The number of likely N-dealkylation sites (tertiary alicyclic amines) is 1. The van der Waals surface area contributed by atoms with Crippen LogP contribution in [0.1, 0.15) is 107 Å². The van der Waals surface area contributed by atoms with Crippen molar-refractivity contribution in [1.29, 1.82) is 0 Å². The molecule has 2 unspecified atom stereocenters. The summed E-state index contributed by atoms with van der Waals surface area (Å²) in [5.41, 5.74) is 8.91. The molecule has 0 bridgehead atoms. The van der Waals surface area contributed by atoms with Gasteiger partial charge in [0, 0.05) is 34.5 Å². The second-order valence-electron chi connectivity index (χ2n) is 18.0. The van der Waals surface area contributed by atoms with Crippen LogP contribution in [0.15, 0.2) is 83.3 Å². The van der Waals surface area contributed by atoms with E-state index in [2.05, 4.69) is 25.8 Å². The van der Waals surface area contributed by atoms with E-state index in [1.165, 1.54) is 16.2 Å². The number of carboxylic acids is 1. The summed E-state index contributed by atoms with van der Waals surface area (Å²) in [6.07, 6.45) is -1.12. The Morgan fingerprint density at radius 2 is 1.52 bits per heavy atom. The van der Waals surface area contributed by atoms with E-state index in [-0.39, 0.29) is 37.9 Å². The van der Waals surface area contributed by atoms with Gasteiger partial charge in [-0.05, 0) is 73.1 Å². The zero-order valence-corrected chi connectivity index (χ0v) is 39.3. The number of aromatic nitrogens is 4. The lowest BCUT2D eigenvalue weighted by atomic mass is 9.85. The number of fused-ring (bicyclic) bond motifs is 3. The summed E-state index contributed by atoms with van der Waals surface area (Å²) in [4.78, 5) is 66.5. The van der Waals surface area contributed by atoms with Crippen molar-refractivity contribution in [2.45, 2.75) is 98.2 Å². The van der Waals surface area contributed by atoms with Crippen LogP contribution in [-0.2, 0) is 21.0 Å². The Bertz CT molecular complexity index is 2840. The third-order valence-corrected chi connectivity index (χ3v) is 14.5. The minimum Gasteiger partial charge on any atom is -0.481 e. The Balaban J connectivity index is 0.967. The number of carbonyl (C=O) groups excluding carboxylic acids is 3. The Morgan fingerprint density at radius 3 is 2.12 bits per heavy atom. The number of thiazole rings is 1. The molecule has 6 aromatic rings. The molecule has 5 atom stereocenters. The van der Waals surface area contributed by atoms with Crippen molar-refractivity contribution in [3.63, 3.8) is 0 Å². The maximum Gasteiger partial charge on any atom is 0.306 e. The Hall–Kier alpha value is -6.40. The Labute approximate surface area is 390 Å². The molecule has 1 saturated heterocycles. The van der Waals surface area contributed by atoms with Crippen molar-refractivity contribution >= 4 is 52.1 Å². The maximum atomic E-state index is 14.3. The number of aryl methyl sites for hydroxylation is 2. The summed E-state index contributed by atoms with van der Waals surface area (Å²) in [5.74, 6) is -1.32. The van der Waals surface area contributed by atoms with Gasteiger partial charge in [-0.3, -0.25) is 28.7 Å². The van der Waals surface area contributed by atoms with Gasteiger partial charge in [0.1, 0.15) is 29.0 Å². The van der Waals surface area contributed by atoms with Gasteiger partial charge in [-0.2, -0.15) is 0 Å². The summed E-state index contributed by atoms with van der Waals surface area (Å²) in [6.45, 7) is 12.9. The average molecular weight is 929 g/mol. The number of carbonyl (C=O) groups is 4. The number of hydrogen-bond donors (Lipinski definition) is 5. The van der Waals surface area contributed by atoms with Gasteiger partial charge in [-0.25, -0.2) is 4.98 Å². The van der Waals surface area contributed by atoms with Gasteiger partial charge < -0.3 is 30.9 Å². The van der Waals surface area contributed by atoms with Gasteiger partial charge in [-0.1, -0.05) is 81.4 Å². The third-order valence-electron chi connectivity index (χ3n) is 12.3. The lowest BCUT2D eigenvalue weighted by Gasteiger charge is -2.35.